The van der Waals surface area contributed by atoms with Crippen molar-refractivity contribution in [2.45, 2.75) is 27.2 Å². The number of nitrogens with zero attached hydrogens (tertiary/aromatic N) is 1. The summed E-state index contributed by atoms with van der Waals surface area (Å²) in [5.41, 5.74) is 0.140. The summed E-state index contributed by atoms with van der Waals surface area (Å²) in [7, 11) is 0. The van der Waals surface area contributed by atoms with E-state index in [9.17, 15) is 10.1 Å². The van der Waals surface area contributed by atoms with Crippen molar-refractivity contribution in [3.8, 4) is 11.8 Å². The first-order valence-electron chi connectivity index (χ1n) is 3.65. The molecule has 4 nitrogen and oxygen atoms in total. The normalized spacial score (nSPS) is 9.92. The highest BCUT2D eigenvalue weighted by Gasteiger charge is 2.06. The van der Waals surface area contributed by atoms with Crippen LogP contribution >= 0.6 is 0 Å². The lowest BCUT2D eigenvalue weighted by atomic mass is 9.93. The van der Waals surface area contributed by atoms with Crippen LogP contribution in [0.4, 0.5) is 0 Å². The molecule has 0 atom stereocenters. The van der Waals surface area contributed by atoms with Gasteiger partial charge in [-0.05, 0) is 5.41 Å². The minimum Gasteiger partial charge on any atom is -0.301 e. The van der Waals surface area contributed by atoms with Crippen LogP contribution in [0, 0.1) is 27.4 Å². The van der Waals surface area contributed by atoms with Crippen LogP contribution in [0.15, 0.2) is 0 Å². The van der Waals surface area contributed by atoms with Crippen molar-refractivity contribution in [1.82, 2.24) is 0 Å². The maximum Gasteiger partial charge on any atom is 0.295 e. The van der Waals surface area contributed by atoms with E-state index in [1.54, 1.807) is 0 Å². The topological polar surface area (TPSA) is 52.4 Å². The Morgan fingerprint density at radius 3 is 2.42 bits per heavy atom. The zero-order valence-corrected chi connectivity index (χ0v) is 7.59. The van der Waals surface area contributed by atoms with E-state index in [1.807, 2.05) is 0 Å². The summed E-state index contributed by atoms with van der Waals surface area (Å²) in [6.45, 7) is 6.02. The molecule has 0 aromatic heterocycles. The van der Waals surface area contributed by atoms with Gasteiger partial charge in [0.25, 0.3) is 5.09 Å². The Kier molecular flexibility index (Phi) is 4.12. The lowest BCUT2D eigenvalue weighted by molar-refractivity contribution is -0.754. The van der Waals surface area contributed by atoms with Gasteiger partial charge in [-0.15, -0.1) is 16.0 Å². The van der Waals surface area contributed by atoms with Gasteiger partial charge in [0.2, 0.25) is 0 Å². The molecular weight excluding hydrogens is 158 g/mol. The predicted octanol–water partition coefficient (Wildman–Crippen LogP) is 1.63. The Morgan fingerprint density at radius 1 is 1.42 bits per heavy atom. The Labute approximate surface area is 72.0 Å². The third kappa shape index (κ3) is 8.76. The number of hydrogen-bond acceptors (Lipinski definition) is 3. The molecule has 0 saturated carbocycles. The average Bonchev–Trinajstić information content (AvgIpc) is 1.83. The summed E-state index contributed by atoms with van der Waals surface area (Å²) in [5, 5.41) is 8.83. The van der Waals surface area contributed by atoms with Crippen molar-refractivity contribution in [2.24, 2.45) is 5.41 Å². The molecule has 0 aromatic rings. The lowest BCUT2D eigenvalue weighted by Crippen LogP contribution is -2.03. The molecule has 0 heterocycles. The van der Waals surface area contributed by atoms with Crippen LogP contribution in [0.25, 0.3) is 0 Å². The fourth-order valence-electron chi connectivity index (χ4n) is 0.464. The van der Waals surface area contributed by atoms with Gasteiger partial charge < -0.3 is 4.84 Å². The Bertz CT molecular complexity index is 207. The molecule has 0 aromatic carbocycles. The van der Waals surface area contributed by atoms with E-state index in [-0.39, 0.29) is 12.0 Å². The molecule has 0 radical (unpaired) electrons. The summed E-state index contributed by atoms with van der Waals surface area (Å²) in [4.78, 5) is 13.7. The van der Waals surface area contributed by atoms with Crippen LogP contribution < -0.4 is 0 Å². The zero-order chi connectivity index (χ0) is 9.61. The van der Waals surface area contributed by atoms with Crippen LogP contribution in [-0.4, -0.2) is 11.7 Å². The molecule has 0 spiro atoms. The predicted molar refractivity (Wildman–Crippen MR) is 44.8 cm³/mol. The van der Waals surface area contributed by atoms with Crippen LogP contribution in [0.5, 0.6) is 0 Å². The van der Waals surface area contributed by atoms with E-state index < -0.39 is 5.09 Å². The second kappa shape index (κ2) is 4.60. The van der Waals surface area contributed by atoms with Crippen LogP contribution in [-0.2, 0) is 4.84 Å². The van der Waals surface area contributed by atoms with Crippen molar-refractivity contribution >= 4 is 0 Å². The molecule has 0 aliphatic heterocycles. The SMILES string of the molecule is CC(C)(C)CC#CCO[N+](=O)[O-]. The van der Waals surface area contributed by atoms with Crippen LogP contribution in [0.3, 0.4) is 0 Å². The highest BCUT2D eigenvalue weighted by molar-refractivity contribution is 5.01. The third-order valence-electron chi connectivity index (χ3n) is 0.986. The molecule has 0 saturated heterocycles. The molecule has 68 valence electrons. The molecule has 0 aliphatic rings. The average molecular weight is 171 g/mol. The number of hydrogen-bond donors (Lipinski definition) is 0. The van der Waals surface area contributed by atoms with Gasteiger partial charge in [0.15, 0.2) is 6.61 Å². The highest BCUT2D eigenvalue weighted by Crippen LogP contribution is 2.16. The van der Waals surface area contributed by atoms with Gasteiger partial charge in [-0.3, -0.25) is 0 Å². The van der Waals surface area contributed by atoms with Crippen molar-refractivity contribution in [3.63, 3.8) is 0 Å². The molecule has 0 fully saturated rings. The quantitative estimate of drug-likeness (QED) is 0.360. The van der Waals surface area contributed by atoms with Crippen LogP contribution in [0.1, 0.15) is 27.2 Å². The molecule has 0 rings (SSSR count). The Morgan fingerprint density at radius 2 is 2.00 bits per heavy atom. The molecule has 0 amide bonds. The van der Waals surface area contributed by atoms with Crippen LogP contribution in [0.2, 0.25) is 0 Å². The van der Waals surface area contributed by atoms with E-state index in [0.29, 0.717) is 6.42 Å². The lowest BCUT2D eigenvalue weighted by Gasteiger charge is -2.12. The molecular formula is C8H13NO3. The molecule has 0 bridgehead atoms. The molecule has 0 aliphatic carbocycles. The van der Waals surface area contributed by atoms with E-state index in [4.69, 9.17) is 0 Å². The highest BCUT2D eigenvalue weighted by atomic mass is 16.9. The minimum atomic E-state index is -0.841. The summed E-state index contributed by atoms with van der Waals surface area (Å²) in [6, 6.07) is 0. The van der Waals surface area contributed by atoms with Crippen molar-refractivity contribution in [1.29, 1.82) is 0 Å². The van der Waals surface area contributed by atoms with Gasteiger partial charge in [0, 0.05) is 6.42 Å². The Hall–Kier alpha value is -1.24. The van der Waals surface area contributed by atoms with E-state index >= 15 is 0 Å². The first-order valence-corrected chi connectivity index (χ1v) is 3.65. The fourth-order valence-corrected chi connectivity index (χ4v) is 0.464. The molecule has 12 heavy (non-hydrogen) atoms. The number of rotatable bonds is 2. The summed E-state index contributed by atoms with van der Waals surface area (Å²) in [5.74, 6) is 5.36. The summed E-state index contributed by atoms with van der Waals surface area (Å²) in [6.07, 6.45) is 0.716. The molecule has 0 N–H and O–H groups in total. The first kappa shape index (κ1) is 10.8. The van der Waals surface area contributed by atoms with Gasteiger partial charge in [0.05, 0.1) is 0 Å². The monoisotopic (exact) mass is 171 g/mol. The zero-order valence-electron chi connectivity index (χ0n) is 7.59. The van der Waals surface area contributed by atoms with Crippen molar-refractivity contribution < 1.29 is 9.92 Å². The van der Waals surface area contributed by atoms with Gasteiger partial charge in [-0.2, -0.15) is 0 Å². The van der Waals surface area contributed by atoms with E-state index in [2.05, 4.69) is 37.4 Å². The second-order valence-corrected chi connectivity index (χ2v) is 3.59. The first-order chi connectivity index (χ1) is 5.42. The van der Waals surface area contributed by atoms with E-state index in [0.717, 1.165) is 0 Å². The van der Waals surface area contributed by atoms with Gasteiger partial charge >= 0.3 is 0 Å². The maximum absolute atomic E-state index is 9.67. The minimum absolute atomic E-state index is 0.136. The largest absolute Gasteiger partial charge is 0.301 e. The fraction of sp³-hybridized carbons (Fsp3) is 0.750. The van der Waals surface area contributed by atoms with Gasteiger partial charge in [-0.1, -0.05) is 26.7 Å². The van der Waals surface area contributed by atoms with Crippen molar-refractivity contribution in [2.75, 3.05) is 6.61 Å². The van der Waals surface area contributed by atoms with Gasteiger partial charge in [0.1, 0.15) is 0 Å². The van der Waals surface area contributed by atoms with Crippen molar-refractivity contribution in [3.05, 3.63) is 10.1 Å². The van der Waals surface area contributed by atoms with Gasteiger partial charge in [-0.25, -0.2) is 0 Å². The maximum atomic E-state index is 9.67. The second-order valence-electron chi connectivity index (χ2n) is 3.59. The summed E-state index contributed by atoms with van der Waals surface area (Å²) < 4.78 is 0. The Balaban J connectivity index is 3.55. The van der Waals surface area contributed by atoms with E-state index in [1.165, 1.54) is 0 Å². The molecule has 4 heteroatoms. The molecule has 0 unspecified atom stereocenters. The summed E-state index contributed by atoms with van der Waals surface area (Å²) >= 11 is 0. The smallest absolute Gasteiger partial charge is 0.295 e. The third-order valence-corrected chi connectivity index (χ3v) is 0.986. The standard InChI is InChI=1S/C8H13NO3/c1-8(2,3)6-4-5-7-12-9(10)11/h6-7H2,1-3H3.